The van der Waals surface area contributed by atoms with Gasteiger partial charge in [-0.3, -0.25) is 9.97 Å². The maximum atomic E-state index is 5.64. The van der Waals surface area contributed by atoms with Gasteiger partial charge in [0, 0.05) is 27.9 Å². The maximum Gasteiger partial charge on any atom is 0.0711 e. The second-order valence-corrected chi connectivity index (χ2v) is 24.1. The molecule has 0 aliphatic carbocycles. The molecular weight excluding hydrogens is 1020 g/mol. The molecule has 2 nitrogen and oxygen atoms in total. The van der Waals surface area contributed by atoms with Crippen LogP contribution in [0.5, 0.6) is 0 Å². The summed E-state index contributed by atoms with van der Waals surface area (Å²) in [4.78, 5) is 10.7. The van der Waals surface area contributed by atoms with Crippen LogP contribution >= 0.6 is 0 Å². The Balaban J connectivity index is 0.962. The highest BCUT2D eigenvalue weighted by molar-refractivity contribution is 6.25. The number of pyridine rings is 2. The minimum absolute atomic E-state index is 0.260. The van der Waals surface area contributed by atoms with E-state index in [1.165, 1.54) is 131 Å². The fourth-order valence-corrected chi connectivity index (χ4v) is 13.5. The SMILES string of the molecule is Cc1cccc(-c2ccc3c(-c4ccc5ccccc5c4)c4ccc(-c5cc(-c6ccc7c(-c8ccc9ccccc9c8)c8ccccc8c(-c8ccc9ccccc9c8)c7c6)nc(C(C)(C)C)c5)cc4c(-c4ccc5ccccc5c4)c3c2)n1. The Morgan fingerprint density at radius 1 is 0.224 bits per heavy atom. The summed E-state index contributed by atoms with van der Waals surface area (Å²) in [6.45, 7) is 8.92. The average molecular weight is 1080 g/mol. The van der Waals surface area contributed by atoms with Crippen LogP contribution in [0.25, 0.3) is 164 Å². The molecule has 85 heavy (non-hydrogen) atoms. The first kappa shape index (κ1) is 50.2. The Labute approximate surface area is 495 Å². The minimum Gasteiger partial charge on any atom is -0.253 e. The van der Waals surface area contributed by atoms with Crippen molar-refractivity contribution in [2.75, 3.05) is 0 Å². The highest BCUT2D eigenvalue weighted by Crippen LogP contribution is 2.49. The van der Waals surface area contributed by atoms with E-state index >= 15 is 0 Å². The van der Waals surface area contributed by atoms with Gasteiger partial charge in [0.15, 0.2) is 0 Å². The molecule has 2 aromatic heterocycles. The molecule has 0 saturated heterocycles. The third-order valence-electron chi connectivity index (χ3n) is 17.7. The van der Waals surface area contributed by atoms with Crippen LogP contribution in [0, 0.1) is 6.92 Å². The quantitative estimate of drug-likeness (QED) is 0.149. The summed E-state index contributed by atoms with van der Waals surface area (Å²) in [6.07, 6.45) is 0. The first-order valence-corrected chi connectivity index (χ1v) is 29.6. The lowest BCUT2D eigenvalue weighted by Gasteiger charge is -2.22. The number of nitrogens with zero attached hydrogens (tertiary/aromatic N) is 2. The predicted molar refractivity (Wildman–Crippen MR) is 364 cm³/mol. The van der Waals surface area contributed by atoms with Crippen molar-refractivity contribution in [1.29, 1.82) is 0 Å². The van der Waals surface area contributed by atoms with Crippen LogP contribution in [0.1, 0.15) is 32.2 Å². The average Bonchev–Trinajstić information content (AvgIpc) is 0.947. The zero-order valence-electron chi connectivity index (χ0n) is 48.0. The van der Waals surface area contributed by atoms with Crippen LogP contribution in [0.4, 0.5) is 0 Å². The van der Waals surface area contributed by atoms with Crippen molar-refractivity contribution in [3.63, 3.8) is 0 Å². The van der Waals surface area contributed by atoms with Crippen LogP contribution < -0.4 is 0 Å². The van der Waals surface area contributed by atoms with Gasteiger partial charge in [0.05, 0.1) is 11.4 Å². The summed E-state index contributed by atoms with van der Waals surface area (Å²) in [5.41, 5.74) is 17.7. The largest absolute Gasteiger partial charge is 0.253 e. The lowest BCUT2D eigenvalue weighted by atomic mass is 9.83. The Hall–Kier alpha value is -10.5. The van der Waals surface area contributed by atoms with Crippen molar-refractivity contribution in [2.45, 2.75) is 33.1 Å². The van der Waals surface area contributed by atoms with E-state index in [0.29, 0.717) is 0 Å². The minimum atomic E-state index is -0.260. The highest BCUT2D eigenvalue weighted by Gasteiger charge is 2.24. The van der Waals surface area contributed by atoms with E-state index in [-0.39, 0.29) is 5.41 Å². The van der Waals surface area contributed by atoms with Gasteiger partial charge in [-0.1, -0.05) is 233 Å². The van der Waals surface area contributed by atoms with Crippen LogP contribution in [0.15, 0.2) is 279 Å². The standard InChI is InChI=1S/C83H58N2/c1-51-16-15-27-76(84-51)61-37-40-72-75(47-61)82(66-35-31-55-20-8-12-24-59(55)45-66)73-46-60(36-39-70(73)80(72)64-33-29-53-18-6-10-22-57(53)43-64)67-49-77(85-78(50-67)83(2,3)4)62-38-41-71-74(48-62)81(65-34-30-54-19-7-11-23-58(54)44-65)69-26-14-13-25-68(69)79(71)63-32-28-52-17-5-9-21-56(52)42-63/h5-50H,1-4H3. The molecule has 400 valence electrons. The molecule has 14 aromatic carbocycles. The van der Waals surface area contributed by atoms with Crippen LogP contribution in [0.3, 0.4) is 0 Å². The van der Waals surface area contributed by atoms with Crippen molar-refractivity contribution in [3.05, 3.63) is 290 Å². The molecule has 0 spiro atoms. The molecule has 0 N–H and O–H groups in total. The van der Waals surface area contributed by atoms with E-state index in [2.05, 4.69) is 307 Å². The molecule has 0 bridgehead atoms. The van der Waals surface area contributed by atoms with Crippen molar-refractivity contribution in [3.8, 4) is 78.1 Å². The number of hydrogen-bond donors (Lipinski definition) is 0. The van der Waals surface area contributed by atoms with Gasteiger partial charge in [0.2, 0.25) is 0 Å². The number of fused-ring (bicyclic) bond motifs is 8. The topological polar surface area (TPSA) is 25.8 Å². The number of benzene rings is 14. The smallest absolute Gasteiger partial charge is 0.0711 e. The van der Waals surface area contributed by atoms with Gasteiger partial charge in [-0.2, -0.15) is 0 Å². The Kier molecular flexibility index (Phi) is 11.7. The van der Waals surface area contributed by atoms with E-state index in [1.807, 2.05) is 0 Å². The fourth-order valence-electron chi connectivity index (χ4n) is 13.5. The molecule has 0 atom stereocenters. The molecule has 0 unspecified atom stereocenters. The molecule has 0 fully saturated rings. The van der Waals surface area contributed by atoms with Gasteiger partial charge in [0.1, 0.15) is 0 Å². The van der Waals surface area contributed by atoms with Gasteiger partial charge in [-0.05, 0) is 215 Å². The van der Waals surface area contributed by atoms with Crippen molar-refractivity contribution < 1.29 is 0 Å². The van der Waals surface area contributed by atoms with Gasteiger partial charge in [0.25, 0.3) is 0 Å². The maximum absolute atomic E-state index is 5.64. The third-order valence-corrected chi connectivity index (χ3v) is 17.7. The molecule has 0 amide bonds. The first-order chi connectivity index (χ1) is 41.6. The van der Waals surface area contributed by atoms with E-state index in [9.17, 15) is 0 Å². The molecule has 0 aliphatic rings. The monoisotopic (exact) mass is 1080 g/mol. The highest BCUT2D eigenvalue weighted by atomic mass is 14.7. The van der Waals surface area contributed by atoms with Crippen LogP contribution in [-0.2, 0) is 5.41 Å². The zero-order chi connectivity index (χ0) is 56.9. The Bertz CT molecular complexity index is 5430. The lowest BCUT2D eigenvalue weighted by molar-refractivity contribution is 0.570. The summed E-state index contributed by atoms with van der Waals surface area (Å²) in [5, 5.41) is 19.4. The summed E-state index contributed by atoms with van der Waals surface area (Å²) >= 11 is 0. The molecule has 0 aliphatic heterocycles. The van der Waals surface area contributed by atoms with Gasteiger partial charge >= 0.3 is 0 Å². The predicted octanol–water partition coefficient (Wildman–Crippen LogP) is 23.0. The van der Waals surface area contributed by atoms with E-state index < -0.39 is 0 Å². The second kappa shape index (κ2) is 19.8. The van der Waals surface area contributed by atoms with Crippen LogP contribution in [0.2, 0.25) is 0 Å². The van der Waals surface area contributed by atoms with Crippen molar-refractivity contribution >= 4 is 86.2 Å². The van der Waals surface area contributed by atoms with E-state index in [4.69, 9.17) is 9.97 Å². The lowest BCUT2D eigenvalue weighted by Crippen LogP contribution is -2.14. The molecule has 2 heteroatoms. The summed E-state index contributed by atoms with van der Waals surface area (Å²) < 4.78 is 0. The summed E-state index contributed by atoms with van der Waals surface area (Å²) in [6, 6.07) is 104. The molecular formula is C83H58N2. The van der Waals surface area contributed by atoms with Crippen molar-refractivity contribution in [1.82, 2.24) is 9.97 Å². The van der Waals surface area contributed by atoms with Gasteiger partial charge in [-0.15, -0.1) is 0 Å². The van der Waals surface area contributed by atoms with Gasteiger partial charge in [-0.25, -0.2) is 0 Å². The summed E-state index contributed by atoms with van der Waals surface area (Å²) in [5.74, 6) is 0. The number of aromatic nitrogens is 2. The zero-order valence-corrected chi connectivity index (χ0v) is 48.0. The molecule has 0 radical (unpaired) electrons. The summed E-state index contributed by atoms with van der Waals surface area (Å²) in [7, 11) is 0. The van der Waals surface area contributed by atoms with Gasteiger partial charge < -0.3 is 0 Å². The first-order valence-electron chi connectivity index (χ1n) is 29.6. The fraction of sp³-hybridized carbons (Fsp3) is 0.0602. The van der Waals surface area contributed by atoms with Crippen LogP contribution in [-0.4, -0.2) is 9.97 Å². The Morgan fingerprint density at radius 3 is 0.988 bits per heavy atom. The normalized spacial score (nSPS) is 12.0. The number of aryl methyl sites for hydroxylation is 1. The van der Waals surface area contributed by atoms with Crippen molar-refractivity contribution in [2.24, 2.45) is 0 Å². The molecule has 16 rings (SSSR count). The van der Waals surface area contributed by atoms with E-state index in [0.717, 1.165) is 45.0 Å². The molecule has 2 heterocycles. The number of hydrogen-bond acceptors (Lipinski definition) is 2. The Morgan fingerprint density at radius 2 is 0.565 bits per heavy atom. The second-order valence-electron chi connectivity index (χ2n) is 24.1. The molecule has 16 aromatic rings. The third kappa shape index (κ3) is 8.72. The number of rotatable bonds is 7. The van der Waals surface area contributed by atoms with E-state index in [1.54, 1.807) is 0 Å². The molecule has 0 saturated carbocycles.